The summed E-state index contributed by atoms with van der Waals surface area (Å²) in [5, 5.41) is 0.648. The monoisotopic (exact) mass is 373 g/mol. The first-order chi connectivity index (χ1) is 12.5. The van der Waals surface area contributed by atoms with Crippen molar-refractivity contribution >= 4 is 22.3 Å². The van der Waals surface area contributed by atoms with Crippen molar-refractivity contribution in [3.8, 4) is 11.1 Å². The van der Waals surface area contributed by atoms with Crippen molar-refractivity contribution in [1.29, 1.82) is 0 Å². The van der Waals surface area contributed by atoms with E-state index in [9.17, 15) is 17.9 Å². The van der Waals surface area contributed by atoms with Crippen molar-refractivity contribution in [2.45, 2.75) is 25.4 Å². The molecular formula is C18H16FN3O3S. The highest BCUT2D eigenvalue weighted by Gasteiger charge is 2.32. The number of aromatic amines is 1. The molecule has 0 radical (unpaired) electrons. The lowest BCUT2D eigenvalue weighted by molar-refractivity contribution is 0.384. The molecule has 0 bridgehead atoms. The normalized spacial score (nSPS) is 15.5. The number of hydrogen-bond acceptors (Lipinski definition) is 3. The van der Waals surface area contributed by atoms with Crippen molar-refractivity contribution in [1.82, 2.24) is 14.3 Å². The first-order valence-electron chi connectivity index (χ1n) is 8.17. The third-order valence-electron chi connectivity index (χ3n) is 4.45. The summed E-state index contributed by atoms with van der Waals surface area (Å²) in [4.78, 5) is 18.2. The van der Waals surface area contributed by atoms with Gasteiger partial charge in [0.05, 0.1) is 0 Å². The number of aromatic nitrogens is 2. The molecule has 8 heteroatoms. The van der Waals surface area contributed by atoms with Gasteiger partial charge in [-0.15, -0.1) is 0 Å². The van der Waals surface area contributed by atoms with Crippen molar-refractivity contribution < 1.29 is 13.2 Å². The van der Waals surface area contributed by atoms with Gasteiger partial charge >= 0.3 is 0 Å². The number of benzene rings is 1. The quantitative estimate of drug-likeness (QED) is 0.674. The zero-order valence-electron chi connectivity index (χ0n) is 13.7. The van der Waals surface area contributed by atoms with Crippen LogP contribution in [-0.2, 0) is 17.8 Å². The number of fused-ring (bicyclic) bond motifs is 1. The molecule has 2 N–H and O–H groups in total. The SMILES string of the molecule is O=c1ccc2c(-c3ccc(CN(C4CC4)S(=O)O)cc3F)ccnc2[nH]1. The fourth-order valence-electron chi connectivity index (χ4n) is 3.02. The van der Waals surface area contributed by atoms with Gasteiger partial charge in [-0.3, -0.25) is 9.35 Å². The zero-order chi connectivity index (χ0) is 18.3. The molecule has 6 nitrogen and oxygen atoms in total. The Bertz CT molecular complexity index is 1060. The average molecular weight is 373 g/mol. The number of nitrogens with one attached hydrogen (secondary N) is 1. The van der Waals surface area contributed by atoms with E-state index in [0.29, 0.717) is 27.7 Å². The molecule has 0 saturated heterocycles. The predicted octanol–water partition coefficient (Wildman–Crippen LogP) is 2.83. The Kier molecular flexibility index (Phi) is 4.39. The molecule has 1 fully saturated rings. The van der Waals surface area contributed by atoms with Crippen LogP contribution in [0.4, 0.5) is 4.39 Å². The van der Waals surface area contributed by atoms with Gasteiger partial charge in [-0.05, 0) is 42.2 Å². The second-order valence-corrected chi connectivity index (χ2v) is 7.23. The molecule has 1 aliphatic carbocycles. The highest BCUT2D eigenvalue weighted by Crippen LogP contribution is 2.31. The molecule has 2 heterocycles. The summed E-state index contributed by atoms with van der Waals surface area (Å²) in [6.45, 7) is 0.218. The molecule has 1 atom stereocenters. The Morgan fingerprint density at radius 1 is 1.23 bits per heavy atom. The van der Waals surface area contributed by atoms with Crippen molar-refractivity contribution in [3.63, 3.8) is 0 Å². The maximum absolute atomic E-state index is 14.8. The van der Waals surface area contributed by atoms with E-state index in [0.717, 1.165) is 12.8 Å². The molecule has 1 aliphatic rings. The van der Waals surface area contributed by atoms with E-state index in [1.807, 2.05) is 0 Å². The molecular weight excluding hydrogens is 357 g/mol. The Hall–Kier alpha value is -2.42. The van der Waals surface area contributed by atoms with Gasteiger partial charge in [-0.1, -0.05) is 12.1 Å². The highest BCUT2D eigenvalue weighted by atomic mass is 32.2. The van der Waals surface area contributed by atoms with Crippen LogP contribution < -0.4 is 5.56 Å². The summed E-state index contributed by atoms with van der Waals surface area (Å²) in [7, 11) is 0. The van der Waals surface area contributed by atoms with E-state index in [1.54, 1.807) is 24.3 Å². The van der Waals surface area contributed by atoms with Gasteiger partial charge in [0.25, 0.3) is 0 Å². The topological polar surface area (TPSA) is 86.3 Å². The summed E-state index contributed by atoms with van der Waals surface area (Å²) >= 11 is -2.07. The van der Waals surface area contributed by atoms with E-state index in [-0.39, 0.29) is 18.1 Å². The summed E-state index contributed by atoms with van der Waals surface area (Å²) in [6.07, 6.45) is 3.28. The largest absolute Gasteiger partial charge is 0.307 e. The third-order valence-corrected chi connectivity index (χ3v) is 5.28. The van der Waals surface area contributed by atoms with Gasteiger partial charge in [0, 0.05) is 35.8 Å². The van der Waals surface area contributed by atoms with Gasteiger partial charge in [-0.25, -0.2) is 13.6 Å². The molecule has 0 amide bonds. The maximum Gasteiger partial charge on any atom is 0.249 e. The lowest BCUT2D eigenvalue weighted by atomic mass is 10.0. The number of rotatable bonds is 5. The van der Waals surface area contributed by atoms with Crippen molar-refractivity contribution in [2.24, 2.45) is 0 Å². The Morgan fingerprint density at radius 3 is 2.73 bits per heavy atom. The van der Waals surface area contributed by atoms with Gasteiger partial charge in [0.15, 0.2) is 0 Å². The van der Waals surface area contributed by atoms with E-state index in [2.05, 4.69) is 9.97 Å². The first-order valence-corrected chi connectivity index (χ1v) is 9.24. The van der Waals surface area contributed by atoms with E-state index in [4.69, 9.17) is 0 Å². The minimum absolute atomic E-state index is 0.0875. The molecule has 0 spiro atoms. The third kappa shape index (κ3) is 3.31. The minimum atomic E-state index is -2.07. The Balaban J connectivity index is 1.70. The number of pyridine rings is 2. The molecule has 1 saturated carbocycles. The summed E-state index contributed by atoms with van der Waals surface area (Å²) in [6, 6.07) is 9.56. The summed E-state index contributed by atoms with van der Waals surface area (Å²) < 4.78 is 37.1. The molecule has 4 rings (SSSR count). The first kappa shape index (κ1) is 17.0. The fourth-order valence-corrected chi connectivity index (χ4v) is 3.75. The number of halogens is 1. The zero-order valence-corrected chi connectivity index (χ0v) is 14.5. The van der Waals surface area contributed by atoms with Crippen LogP contribution in [0.5, 0.6) is 0 Å². The summed E-state index contributed by atoms with van der Waals surface area (Å²) in [5.74, 6) is -0.430. The van der Waals surface area contributed by atoms with Crippen LogP contribution in [0.2, 0.25) is 0 Å². The summed E-state index contributed by atoms with van der Waals surface area (Å²) in [5.41, 5.74) is 1.77. The standard InChI is InChI=1S/C18H16FN3O3S/c19-16-9-11(10-22(26(24)25)12-2-3-12)1-4-14(16)13-7-8-20-18-15(13)5-6-17(23)21-18/h1,4-9,12H,2-3,10H2,(H,24,25)(H,20,21,23). The molecule has 1 aromatic carbocycles. The van der Waals surface area contributed by atoms with Gasteiger partial charge in [0.1, 0.15) is 11.5 Å². The van der Waals surface area contributed by atoms with E-state index >= 15 is 0 Å². The molecule has 2 aromatic heterocycles. The Morgan fingerprint density at radius 2 is 2.04 bits per heavy atom. The molecule has 0 aliphatic heterocycles. The fraction of sp³-hybridized carbons (Fsp3) is 0.222. The van der Waals surface area contributed by atoms with Crippen molar-refractivity contribution in [3.05, 3.63) is 64.3 Å². The molecule has 134 valence electrons. The van der Waals surface area contributed by atoms with E-state index in [1.165, 1.54) is 22.6 Å². The lowest BCUT2D eigenvalue weighted by Crippen LogP contribution is -2.27. The van der Waals surface area contributed by atoms with Crippen LogP contribution >= 0.6 is 0 Å². The van der Waals surface area contributed by atoms with Crippen LogP contribution in [0.25, 0.3) is 22.2 Å². The number of hydrogen-bond donors (Lipinski definition) is 2. The predicted molar refractivity (Wildman–Crippen MR) is 97.1 cm³/mol. The van der Waals surface area contributed by atoms with Crippen LogP contribution in [0.3, 0.4) is 0 Å². The van der Waals surface area contributed by atoms with Crippen LogP contribution in [0.1, 0.15) is 18.4 Å². The lowest BCUT2D eigenvalue weighted by Gasteiger charge is -2.17. The second kappa shape index (κ2) is 6.71. The van der Waals surface area contributed by atoms with Crippen LogP contribution in [0, 0.1) is 5.82 Å². The number of nitrogens with zero attached hydrogens (tertiary/aromatic N) is 2. The second-order valence-electron chi connectivity index (χ2n) is 6.29. The van der Waals surface area contributed by atoms with Crippen LogP contribution in [0.15, 0.2) is 47.4 Å². The van der Waals surface area contributed by atoms with E-state index < -0.39 is 17.1 Å². The van der Waals surface area contributed by atoms with Gasteiger partial charge < -0.3 is 4.98 Å². The molecule has 1 unspecified atom stereocenters. The smallest absolute Gasteiger partial charge is 0.249 e. The van der Waals surface area contributed by atoms with Crippen LogP contribution in [-0.4, -0.2) is 29.1 Å². The van der Waals surface area contributed by atoms with Crippen molar-refractivity contribution in [2.75, 3.05) is 0 Å². The highest BCUT2D eigenvalue weighted by molar-refractivity contribution is 7.76. The maximum atomic E-state index is 14.8. The number of H-pyrrole nitrogens is 1. The van der Waals surface area contributed by atoms with Gasteiger partial charge in [-0.2, -0.15) is 4.31 Å². The average Bonchev–Trinajstić information content (AvgIpc) is 3.44. The Labute approximate surface area is 151 Å². The molecule has 3 aromatic rings. The van der Waals surface area contributed by atoms with Gasteiger partial charge in [0.2, 0.25) is 16.8 Å². The molecule has 26 heavy (non-hydrogen) atoms. The minimum Gasteiger partial charge on any atom is -0.307 e.